The third-order valence-electron chi connectivity index (χ3n) is 2.57. The van der Waals surface area contributed by atoms with Crippen molar-refractivity contribution < 1.29 is 4.74 Å². The van der Waals surface area contributed by atoms with Gasteiger partial charge >= 0.3 is 0 Å². The van der Waals surface area contributed by atoms with Crippen molar-refractivity contribution in [1.82, 2.24) is 10.3 Å². The Morgan fingerprint density at radius 1 is 1.64 bits per heavy atom. The van der Waals surface area contributed by atoms with Crippen molar-refractivity contribution in [2.24, 2.45) is 0 Å². The van der Waals surface area contributed by atoms with Crippen molar-refractivity contribution in [3.05, 3.63) is 30.1 Å². The summed E-state index contributed by atoms with van der Waals surface area (Å²) in [6, 6.07) is 4.00. The molecule has 1 aromatic heterocycles. The summed E-state index contributed by atoms with van der Waals surface area (Å²) in [6.45, 7) is 4.13. The molecular weight excluding hydrogens is 176 g/mol. The normalized spacial score (nSPS) is 23.6. The van der Waals surface area contributed by atoms with E-state index in [-0.39, 0.29) is 6.10 Å². The van der Waals surface area contributed by atoms with E-state index in [1.165, 1.54) is 0 Å². The van der Waals surface area contributed by atoms with Crippen molar-refractivity contribution in [3.63, 3.8) is 0 Å². The molecule has 1 saturated heterocycles. The Balaban J connectivity index is 1.92. The summed E-state index contributed by atoms with van der Waals surface area (Å²) in [6.07, 6.45) is 5.28. The summed E-state index contributed by atoms with van der Waals surface area (Å²) >= 11 is 0. The van der Waals surface area contributed by atoms with Crippen LogP contribution < -0.4 is 5.32 Å². The second-order valence-electron chi connectivity index (χ2n) is 3.68. The first-order valence-corrected chi connectivity index (χ1v) is 5.12. The molecule has 1 fully saturated rings. The molecule has 2 heterocycles. The largest absolute Gasteiger partial charge is 0.369 e. The highest BCUT2D eigenvalue weighted by molar-refractivity contribution is 5.11. The van der Waals surface area contributed by atoms with Crippen LogP contribution in [-0.2, 0) is 4.74 Å². The molecule has 1 aromatic rings. The van der Waals surface area contributed by atoms with Crippen LogP contribution in [0.3, 0.4) is 0 Å². The van der Waals surface area contributed by atoms with E-state index in [4.69, 9.17) is 4.74 Å². The molecular formula is C11H16N2O. The molecule has 0 aliphatic carbocycles. The van der Waals surface area contributed by atoms with Gasteiger partial charge in [-0.25, -0.2) is 0 Å². The van der Waals surface area contributed by atoms with Crippen molar-refractivity contribution >= 4 is 0 Å². The van der Waals surface area contributed by atoms with Crippen LogP contribution in [0.2, 0.25) is 0 Å². The number of nitrogens with zero attached hydrogens (tertiary/aromatic N) is 1. The lowest BCUT2D eigenvalue weighted by Crippen LogP contribution is -2.18. The predicted octanol–water partition coefficient (Wildman–Crippen LogP) is 1.52. The van der Waals surface area contributed by atoms with Crippen molar-refractivity contribution in [2.75, 3.05) is 13.1 Å². The Labute approximate surface area is 84.5 Å². The van der Waals surface area contributed by atoms with Crippen molar-refractivity contribution in [2.45, 2.75) is 25.6 Å². The molecule has 76 valence electrons. The van der Waals surface area contributed by atoms with E-state index in [0.29, 0.717) is 6.10 Å². The molecule has 0 radical (unpaired) electrons. The van der Waals surface area contributed by atoms with Crippen LogP contribution in [0.15, 0.2) is 24.5 Å². The Morgan fingerprint density at radius 2 is 2.57 bits per heavy atom. The van der Waals surface area contributed by atoms with E-state index in [1.807, 2.05) is 12.3 Å². The van der Waals surface area contributed by atoms with Gasteiger partial charge in [-0.1, -0.05) is 6.07 Å². The van der Waals surface area contributed by atoms with Crippen LogP contribution in [-0.4, -0.2) is 24.2 Å². The molecule has 0 spiro atoms. The summed E-state index contributed by atoms with van der Waals surface area (Å²) in [7, 11) is 0. The van der Waals surface area contributed by atoms with Crippen LogP contribution in [0, 0.1) is 0 Å². The van der Waals surface area contributed by atoms with Gasteiger partial charge in [-0.05, 0) is 31.5 Å². The molecule has 14 heavy (non-hydrogen) atoms. The maximum absolute atomic E-state index is 5.89. The molecule has 0 saturated carbocycles. The first-order chi connectivity index (χ1) is 6.86. The number of rotatable bonds is 3. The average molecular weight is 192 g/mol. The minimum Gasteiger partial charge on any atom is -0.369 e. The SMILES string of the molecule is C[C@H](O[C@@H]1CCNC1)c1cccnc1. The summed E-state index contributed by atoms with van der Waals surface area (Å²) < 4.78 is 5.89. The molecule has 1 aliphatic heterocycles. The fourth-order valence-electron chi connectivity index (χ4n) is 1.73. The number of nitrogens with one attached hydrogen (secondary N) is 1. The van der Waals surface area contributed by atoms with E-state index < -0.39 is 0 Å². The minimum atomic E-state index is 0.147. The molecule has 0 bridgehead atoms. The Bertz CT molecular complexity index is 270. The smallest absolute Gasteiger partial charge is 0.0816 e. The summed E-state index contributed by atoms with van der Waals surface area (Å²) in [4.78, 5) is 4.08. The van der Waals surface area contributed by atoms with Gasteiger partial charge in [0.15, 0.2) is 0 Å². The van der Waals surface area contributed by atoms with Crippen LogP contribution in [0.4, 0.5) is 0 Å². The fourth-order valence-corrected chi connectivity index (χ4v) is 1.73. The molecule has 2 atom stereocenters. The molecule has 1 N–H and O–H groups in total. The predicted molar refractivity (Wildman–Crippen MR) is 55.0 cm³/mol. The maximum atomic E-state index is 5.89. The minimum absolute atomic E-state index is 0.147. The van der Waals surface area contributed by atoms with Crippen LogP contribution in [0.5, 0.6) is 0 Å². The van der Waals surface area contributed by atoms with Gasteiger partial charge in [-0.15, -0.1) is 0 Å². The van der Waals surface area contributed by atoms with Crippen LogP contribution in [0.1, 0.15) is 25.0 Å². The average Bonchev–Trinajstić information content (AvgIpc) is 2.72. The molecule has 3 nitrogen and oxygen atoms in total. The zero-order valence-electron chi connectivity index (χ0n) is 8.44. The zero-order chi connectivity index (χ0) is 9.80. The van der Waals surface area contributed by atoms with Gasteiger partial charge in [-0.2, -0.15) is 0 Å². The number of hydrogen-bond acceptors (Lipinski definition) is 3. The third-order valence-corrected chi connectivity index (χ3v) is 2.57. The molecule has 2 rings (SSSR count). The summed E-state index contributed by atoms with van der Waals surface area (Å²) in [5.74, 6) is 0. The van der Waals surface area contributed by atoms with E-state index in [0.717, 1.165) is 25.1 Å². The quantitative estimate of drug-likeness (QED) is 0.788. The first-order valence-electron chi connectivity index (χ1n) is 5.12. The second-order valence-corrected chi connectivity index (χ2v) is 3.68. The van der Waals surface area contributed by atoms with E-state index in [9.17, 15) is 0 Å². The topological polar surface area (TPSA) is 34.1 Å². The van der Waals surface area contributed by atoms with E-state index in [1.54, 1.807) is 6.20 Å². The van der Waals surface area contributed by atoms with Gasteiger partial charge in [0.2, 0.25) is 0 Å². The summed E-state index contributed by atoms with van der Waals surface area (Å²) in [5.41, 5.74) is 1.15. The van der Waals surface area contributed by atoms with Gasteiger partial charge in [0.1, 0.15) is 0 Å². The molecule has 0 amide bonds. The highest BCUT2D eigenvalue weighted by atomic mass is 16.5. The van der Waals surface area contributed by atoms with Crippen molar-refractivity contribution in [1.29, 1.82) is 0 Å². The highest BCUT2D eigenvalue weighted by Gasteiger charge is 2.18. The molecule has 0 unspecified atom stereocenters. The van der Waals surface area contributed by atoms with E-state index in [2.05, 4.69) is 23.3 Å². The number of ether oxygens (including phenoxy) is 1. The van der Waals surface area contributed by atoms with E-state index >= 15 is 0 Å². The van der Waals surface area contributed by atoms with Gasteiger partial charge in [0, 0.05) is 18.9 Å². The lowest BCUT2D eigenvalue weighted by molar-refractivity contribution is 0.00812. The first kappa shape index (κ1) is 9.62. The second kappa shape index (κ2) is 4.53. The number of hydrogen-bond donors (Lipinski definition) is 1. The van der Waals surface area contributed by atoms with Crippen LogP contribution in [0.25, 0.3) is 0 Å². The third kappa shape index (κ3) is 2.30. The van der Waals surface area contributed by atoms with Gasteiger partial charge in [-0.3, -0.25) is 4.98 Å². The molecule has 3 heteroatoms. The van der Waals surface area contributed by atoms with Gasteiger partial charge < -0.3 is 10.1 Å². The lowest BCUT2D eigenvalue weighted by Gasteiger charge is -2.17. The Hall–Kier alpha value is -0.930. The van der Waals surface area contributed by atoms with Gasteiger partial charge in [0.05, 0.1) is 12.2 Å². The highest BCUT2D eigenvalue weighted by Crippen LogP contribution is 2.19. The molecule has 0 aromatic carbocycles. The van der Waals surface area contributed by atoms with Crippen molar-refractivity contribution in [3.8, 4) is 0 Å². The Kier molecular flexibility index (Phi) is 3.11. The standard InChI is InChI=1S/C11H16N2O/c1-9(10-3-2-5-12-7-10)14-11-4-6-13-8-11/h2-3,5,7,9,11,13H,4,6,8H2,1H3/t9-,11+/m0/s1. The number of aromatic nitrogens is 1. The zero-order valence-corrected chi connectivity index (χ0v) is 8.44. The van der Waals surface area contributed by atoms with Gasteiger partial charge in [0.25, 0.3) is 0 Å². The lowest BCUT2D eigenvalue weighted by atomic mass is 10.2. The van der Waals surface area contributed by atoms with Crippen LogP contribution >= 0.6 is 0 Å². The fraction of sp³-hybridized carbons (Fsp3) is 0.545. The monoisotopic (exact) mass is 192 g/mol. The molecule has 1 aliphatic rings. The maximum Gasteiger partial charge on any atom is 0.0816 e. The summed E-state index contributed by atoms with van der Waals surface area (Å²) in [5, 5.41) is 3.29. The number of pyridine rings is 1. The Morgan fingerprint density at radius 3 is 3.21 bits per heavy atom.